The summed E-state index contributed by atoms with van der Waals surface area (Å²) in [7, 11) is 0.330. The number of nitrogens with two attached hydrogens (primary N) is 1. The van der Waals surface area contributed by atoms with Crippen LogP contribution in [0, 0.1) is 0 Å². The summed E-state index contributed by atoms with van der Waals surface area (Å²) in [5.74, 6) is -0.139. The fourth-order valence-electron chi connectivity index (χ4n) is 1.66. The molecule has 1 fully saturated rings. The number of amides is 1. The molecule has 0 spiro atoms. The average molecular weight is 287 g/mol. The molecule has 4 nitrogen and oxygen atoms in total. The van der Waals surface area contributed by atoms with Crippen molar-refractivity contribution < 1.29 is 9.00 Å². The lowest BCUT2D eigenvalue weighted by atomic mass is 10.3. The van der Waals surface area contributed by atoms with Crippen molar-refractivity contribution in [2.75, 3.05) is 18.5 Å². The van der Waals surface area contributed by atoms with E-state index in [0.717, 1.165) is 12.8 Å². The van der Waals surface area contributed by atoms with Crippen LogP contribution in [0.1, 0.15) is 12.8 Å². The molecular formula is C12H15ClN2O2S. The lowest BCUT2D eigenvalue weighted by Crippen LogP contribution is -2.32. The summed E-state index contributed by atoms with van der Waals surface area (Å²) in [6.07, 6.45) is 2.08. The maximum absolute atomic E-state index is 12.1. The van der Waals surface area contributed by atoms with E-state index >= 15 is 0 Å². The monoisotopic (exact) mass is 286 g/mol. The lowest BCUT2D eigenvalue weighted by Gasteiger charge is -2.16. The Bertz CT molecular complexity index is 503. The van der Waals surface area contributed by atoms with Gasteiger partial charge in [0.15, 0.2) is 0 Å². The minimum absolute atomic E-state index is 0.0311. The summed E-state index contributed by atoms with van der Waals surface area (Å²) in [6.45, 7) is 0. The summed E-state index contributed by atoms with van der Waals surface area (Å²) in [4.78, 5) is 14.0. The number of nitrogens with zero attached hydrogens (tertiary/aromatic N) is 1. The number of hydrogen-bond acceptors (Lipinski definition) is 3. The van der Waals surface area contributed by atoms with Crippen LogP contribution in [0.3, 0.4) is 0 Å². The summed E-state index contributed by atoms with van der Waals surface area (Å²) in [5.41, 5.74) is 6.08. The highest BCUT2D eigenvalue weighted by molar-refractivity contribution is 7.85. The zero-order chi connectivity index (χ0) is 13.3. The first-order valence-electron chi connectivity index (χ1n) is 5.68. The third-order valence-corrected chi connectivity index (χ3v) is 4.72. The molecule has 1 aromatic carbocycles. The van der Waals surface area contributed by atoms with Crippen LogP contribution in [0.15, 0.2) is 23.1 Å². The van der Waals surface area contributed by atoms with Crippen LogP contribution in [-0.4, -0.2) is 33.9 Å². The largest absolute Gasteiger partial charge is 0.399 e. The van der Waals surface area contributed by atoms with Crippen molar-refractivity contribution in [3.63, 3.8) is 0 Å². The van der Waals surface area contributed by atoms with Crippen LogP contribution in [0.2, 0.25) is 5.02 Å². The van der Waals surface area contributed by atoms with E-state index in [4.69, 9.17) is 17.3 Å². The van der Waals surface area contributed by atoms with Gasteiger partial charge in [0.05, 0.1) is 20.7 Å². The molecule has 1 unspecified atom stereocenters. The number of rotatable bonds is 4. The predicted molar refractivity (Wildman–Crippen MR) is 72.9 cm³/mol. The second-order valence-corrected chi connectivity index (χ2v) is 6.24. The fourth-order valence-corrected chi connectivity index (χ4v) is 3.19. The molecule has 0 aromatic heterocycles. The van der Waals surface area contributed by atoms with Crippen molar-refractivity contribution in [2.45, 2.75) is 23.8 Å². The summed E-state index contributed by atoms with van der Waals surface area (Å²) in [5, 5.41) is 0.343. The quantitative estimate of drug-likeness (QED) is 0.856. The van der Waals surface area contributed by atoms with E-state index in [9.17, 15) is 9.00 Å². The third kappa shape index (κ3) is 3.03. The second kappa shape index (κ2) is 5.28. The predicted octanol–water partition coefficient (Wildman–Crippen LogP) is 1.65. The van der Waals surface area contributed by atoms with Crippen LogP contribution in [-0.2, 0) is 15.6 Å². The molecule has 1 atom stereocenters. The van der Waals surface area contributed by atoms with Gasteiger partial charge in [-0.1, -0.05) is 11.6 Å². The van der Waals surface area contributed by atoms with Crippen molar-refractivity contribution in [1.82, 2.24) is 4.90 Å². The number of carbonyl (C=O) groups is 1. The minimum atomic E-state index is -1.42. The number of halogens is 1. The SMILES string of the molecule is CN(C(=O)CS(=O)c1ccc(N)cc1Cl)C1CC1. The van der Waals surface area contributed by atoms with E-state index in [0.29, 0.717) is 21.6 Å². The molecule has 2 rings (SSSR count). The van der Waals surface area contributed by atoms with E-state index < -0.39 is 10.8 Å². The van der Waals surface area contributed by atoms with Gasteiger partial charge < -0.3 is 10.6 Å². The molecule has 1 amide bonds. The Morgan fingerprint density at radius 2 is 2.22 bits per heavy atom. The van der Waals surface area contributed by atoms with Crippen molar-refractivity contribution in [1.29, 1.82) is 0 Å². The Hall–Kier alpha value is -1.07. The minimum Gasteiger partial charge on any atom is -0.399 e. The van der Waals surface area contributed by atoms with Gasteiger partial charge in [0.25, 0.3) is 0 Å². The van der Waals surface area contributed by atoms with E-state index in [2.05, 4.69) is 0 Å². The fraction of sp³-hybridized carbons (Fsp3) is 0.417. The zero-order valence-electron chi connectivity index (χ0n) is 10.1. The van der Waals surface area contributed by atoms with E-state index in [-0.39, 0.29) is 11.7 Å². The van der Waals surface area contributed by atoms with Gasteiger partial charge in [-0.2, -0.15) is 0 Å². The van der Waals surface area contributed by atoms with E-state index in [1.807, 2.05) is 0 Å². The summed E-state index contributed by atoms with van der Waals surface area (Å²) < 4.78 is 12.1. The molecule has 0 aliphatic heterocycles. The van der Waals surface area contributed by atoms with Gasteiger partial charge >= 0.3 is 0 Å². The van der Waals surface area contributed by atoms with Crippen LogP contribution < -0.4 is 5.73 Å². The van der Waals surface area contributed by atoms with E-state index in [1.54, 1.807) is 30.1 Å². The van der Waals surface area contributed by atoms with Gasteiger partial charge in [-0.15, -0.1) is 0 Å². The van der Waals surface area contributed by atoms with Gasteiger partial charge in [-0.05, 0) is 31.0 Å². The van der Waals surface area contributed by atoms with Crippen molar-refractivity contribution in [3.8, 4) is 0 Å². The van der Waals surface area contributed by atoms with Crippen LogP contribution in [0.4, 0.5) is 5.69 Å². The Kier molecular flexibility index (Phi) is 3.92. The van der Waals surface area contributed by atoms with Crippen LogP contribution in [0.5, 0.6) is 0 Å². The van der Waals surface area contributed by atoms with Gasteiger partial charge in [0, 0.05) is 18.8 Å². The van der Waals surface area contributed by atoms with Crippen molar-refractivity contribution in [3.05, 3.63) is 23.2 Å². The number of benzene rings is 1. The standard InChI is InChI=1S/C12H15ClN2O2S/c1-15(9-3-4-9)12(16)7-18(17)11-5-2-8(14)6-10(11)13/h2,5-6,9H,3-4,7,14H2,1H3. The molecule has 0 radical (unpaired) electrons. The summed E-state index contributed by atoms with van der Waals surface area (Å²) >= 11 is 5.96. The normalized spacial score (nSPS) is 16.3. The maximum atomic E-state index is 12.1. The summed E-state index contributed by atoms with van der Waals surface area (Å²) in [6, 6.07) is 5.12. The van der Waals surface area contributed by atoms with E-state index in [1.165, 1.54) is 0 Å². The van der Waals surface area contributed by atoms with Gasteiger partial charge in [0.1, 0.15) is 5.75 Å². The van der Waals surface area contributed by atoms with Crippen molar-refractivity contribution >= 4 is 34.0 Å². The Labute approximate surface area is 114 Å². The van der Waals surface area contributed by atoms with Crippen LogP contribution >= 0.6 is 11.6 Å². The molecule has 98 valence electrons. The first-order valence-corrected chi connectivity index (χ1v) is 7.38. The number of hydrogen-bond donors (Lipinski definition) is 1. The molecule has 0 bridgehead atoms. The molecule has 1 aliphatic rings. The number of carbonyl (C=O) groups excluding carboxylic acids is 1. The Morgan fingerprint density at radius 3 is 2.78 bits per heavy atom. The van der Waals surface area contributed by atoms with Gasteiger partial charge in [-0.25, -0.2) is 0 Å². The molecule has 0 saturated heterocycles. The second-order valence-electron chi connectivity index (χ2n) is 4.42. The lowest BCUT2D eigenvalue weighted by molar-refractivity contribution is -0.127. The zero-order valence-corrected chi connectivity index (χ0v) is 11.6. The molecule has 6 heteroatoms. The van der Waals surface area contributed by atoms with Crippen LogP contribution in [0.25, 0.3) is 0 Å². The first kappa shape index (κ1) is 13.4. The molecule has 1 saturated carbocycles. The Morgan fingerprint density at radius 1 is 1.56 bits per heavy atom. The average Bonchev–Trinajstić information content (AvgIpc) is 3.11. The highest BCUT2D eigenvalue weighted by Crippen LogP contribution is 2.26. The van der Waals surface area contributed by atoms with Gasteiger partial charge in [0.2, 0.25) is 5.91 Å². The highest BCUT2D eigenvalue weighted by atomic mass is 35.5. The molecular weight excluding hydrogens is 272 g/mol. The van der Waals surface area contributed by atoms with Gasteiger partial charge in [-0.3, -0.25) is 9.00 Å². The molecule has 2 N–H and O–H groups in total. The maximum Gasteiger partial charge on any atom is 0.235 e. The smallest absolute Gasteiger partial charge is 0.235 e. The number of nitrogen functional groups attached to an aromatic ring is 1. The molecule has 0 heterocycles. The molecule has 1 aliphatic carbocycles. The van der Waals surface area contributed by atoms with Crippen molar-refractivity contribution in [2.24, 2.45) is 0 Å². The molecule has 1 aromatic rings. The first-order chi connectivity index (χ1) is 8.49. The molecule has 18 heavy (non-hydrogen) atoms. The topological polar surface area (TPSA) is 63.4 Å². The highest BCUT2D eigenvalue weighted by Gasteiger charge is 2.30. The number of anilines is 1. The third-order valence-electron chi connectivity index (χ3n) is 2.94. The Balaban J connectivity index is 2.04.